The Morgan fingerprint density at radius 2 is 2.25 bits per heavy atom. The van der Waals surface area contributed by atoms with Crippen molar-refractivity contribution in [1.82, 2.24) is 20.1 Å². The van der Waals surface area contributed by atoms with Gasteiger partial charge in [0.2, 0.25) is 11.7 Å². The van der Waals surface area contributed by atoms with Crippen LogP contribution in [0.4, 0.5) is 0 Å². The van der Waals surface area contributed by atoms with E-state index in [2.05, 4.69) is 21.8 Å². The summed E-state index contributed by atoms with van der Waals surface area (Å²) in [7, 11) is 0. The van der Waals surface area contributed by atoms with Crippen molar-refractivity contribution in [2.45, 2.75) is 38.5 Å². The summed E-state index contributed by atoms with van der Waals surface area (Å²) in [5, 5.41) is 7.09. The van der Waals surface area contributed by atoms with Crippen LogP contribution in [0.25, 0.3) is 11.6 Å². The molecule has 1 aliphatic rings. The van der Waals surface area contributed by atoms with Crippen molar-refractivity contribution in [3.8, 4) is 11.6 Å². The highest BCUT2D eigenvalue weighted by atomic mass is 16.3. The first-order chi connectivity index (χ1) is 11.8. The average Bonchev–Trinajstić information content (AvgIpc) is 3.30. The van der Waals surface area contributed by atoms with Crippen molar-refractivity contribution < 1.29 is 9.21 Å². The molecule has 0 bridgehead atoms. The van der Waals surface area contributed by atoms with Gasteiger partial charge in [-0.2, -0.15) is 5.10 Å². The Morgan fingerprint density at radius 3 is 2.96 bits per heavy atom. The van der Waals surface area contributed by atoms with E-state index in [1.807, 2.05) is 11.0 Å². The standard InChI is InChI=1S/C18H24N4O2/c1-2-17(23)22(13-14-7-4-3-5-8-14)11-10-16-19-18(21-20-16)15-9-6-12-24-15/h2,6,9,12,14H,1,3-5,7-8,10-11,13H2,(H,19,20,21). The molecule has 2 aromatic heterocycles. The Kier molecular flexibility index (Phi) is 5.46. The highest BCUT2D eigenvalue weighted by Gasteiger charge is 2.20. The van der Waals surface area contributed by atoms with E-state index >= 15 is 0 Å². The Labute approximate surface area is 142 Å². The molecule has 2 heterocycles. The fourth-order valence-electron chi connectivity index (χ4n) is 3.27. The van der Waals surface area contributed by atoms with Gasteiger partial charge in [0.1, 0.15) is 5.82 Å². The molecule has 3 rings (SSSR count). The quantitative estimate of drug-likeness (QED) is 0.792. The van der Waals surface area contributed by atoms with Crippen LogP contribution >= 0.6 is 0 Å². The smallest absolute Gasteiger partial charge is 0.245 e. The molecule has 1 N–H and O–H groups in total. The van der Waals surface area contributed by atoms with Gasteiger partial charge in [0.25, 0.3) is 0 Å². The van der Waals surface area contributed by atoms with Crippen LogP contribution in [0, 0.1) is 5.92 Å². The van der Waals surface area contributed by atoms with Crippen LogP contribution in [0.1, 0.15) is 37.9 Å². The Hall–Kier alpha value is -2.37. The molecule has 1 fully saturated rings. The van der Waals surface area contributed by atoms with Gasteiger partial charge in [-0.15, -0.1) is 0 Å². The molecule has 0 radical (unpaired) electrons. The Morgan fingerprint density at radius 1 is 1.42 bits per heavy atom. The first kappa shape index (κ1) is 16.5. The molecule has 0 unspecified atom stereocenters. The number of amides is 1. The summed E-state index contributed by atoms with van der Waals surface area (Å²) in [5.74, 6) is 2.54. The first-order valence-electron chi connectivity index (χ1n) is 8.63. The summed E-state index contributed by atoms with van der Waals surface area (Å²) in [6.07, 6.45) is 9.93. The van der Waals surface area contributed by atoms with Crippen molar-refractivity contribution >= 4 is 5.91 Å². The molecule has 0 atom stereocenters. The molecule has 128 valence electrons. The van der Waals surface area contributed by atoms with E-state index in [0.717, 1.165) is 12.4 Å². The normalized spacial score (nSPS) is 15.3. The Balaban J connectivity index is 1.58. The molecule has 0 saturated heterocycles. The average molecular weight is 328 g/mol. The number of furan rings is 1. The number of H-pyrrole nitrogens is 1. The largest absolute Gasteiger partial charge is 0.461 e. The zero-order valence-corrected chi connectivity index (χ0v) is 13.9. The monoisotopic (exact) mass is 328 g/mol. The molecule has 0 aliphatic heterocycles. The molecule has 6 heteroatoms. The second-order valence-electron chi connectivity index (χ2n) is 6.33. The van der Waals surface area contributed by atoms with Gasteiger partial charge in [0, 0.05) is 19.5 Å². The minimum atomic E-state index is -0.00801. The summed E-state index contributed by atoms with van der Waals surface area (Å²) in [4.78, 5) is 18.5. The van der Waals surface area contributed by atoms with Crippen LogP contribution in [0.5, 0.6) is 0 Å². The molecule has 6 nitrogen and oxygen atoms in total. The third kappa shape index (κ3) is 4.13. The topological polar surface area (TPSA) is 75.0 Å². The van der Waals surface area contributed by atoms with Crippen LogP contribution in [0.3, 0.4) is 0 Å². The maximum Gasteiger partial charge on any atom is 0.245 e. The summed E-state index contributed by atoms with van der Waals surface area (Å²) in [6.45, 7) is 5.06. The number of hydrogen-bond donors (Lipinski definition) is 1. The maximum atomic E-state index is 12.1. The third-order valence-electron chi connectivity index (χ3n) is 4.58. The van der Waals surface area contributed by atoms with Gasteiger partial charge in [-0.05, 0) is 37.0 Å². The van der Waals surface area contributed by atoms with E-state index in [4.69, 9.17) is 4.42 Å². The van der Waals surface area contributed by atoms with Crippen molar-refractivity contribution in [2.75, 3.05) is 13.1 Å². The highest BCUT2D eigenvalue weighted by molar-refractivity contribution is 5.87. The second-order valence-corrected chi connectivity index (χ2v) is 6.33. The number of carbonyl (C=O) groups is 1. The maximum absolute atomic E-state index is 12.1. The molecule has 24 heavy (non-hydrogen) atoms. The third-order valence-corrected chi connectivity index (χ3v) is 4.58. The minimum Gasteiger partial charge on any atom is -0.461 e. The van der Waals surface area contributed by atoms with Gasteiger partial charge in [-0.25, -0.2) is 4.98 Å². The molecular formula is C18H24N4O2. The van der Waals surface area contributed by atoms with Crippen molar-refractivity contribution in [1.29, 1.82) is 0 Å². The van der Waals surface area contributed by atoms with Crippen molar-refractivity contribution in [2.24, 2.45) is 5.92 Å². The SMILES string of the molecule is C=CC(=O)N(CCc1nc(-c2ccco2)n[nH]1)CC1CCCCC1. The number of carbonyl (C=O) groups excluding carboxylic acids is 1. The zero-order valence-electron chi connectivity index (χ0n) is 13.9. The zero-order chi connectivity index (χ0) is 16.8. The van der Waals surface area contributed by atoms with Crippen LogP contribution in [0.2, 0.25) is 0 Å². The molecular weight excluding hydrogens is 304 g/mol. The lowest BCUT2D eigenvalue weighted by molar-refractivity contribution is -0.126. The molecule has 1 aliphatic carbocycles. The van der Waals surface area contributed by atoms with Gasteiger partial charge in [0.05, 0.1) is 6.26 Å². The number of aromatic nitrogens is 3. The van der Waals surface area contributed by atoms with E-state index in [1.54, 1.807) is 12.3 Å². The van der Waals surface area contributed by atoms with Crippen LogP contribution in [0.15, 0.2) is 35.5 Å². The van der Waals surface area contributed by atoms with Gasteiger partial charge in [-0.1, -0.05) is 25.8 Å². The van der Waals surface area contributed by atoms with Gasteiger partial charge in [-0.3, -0.25) is 9.89 Å². The minimum absolute atomic E-state index is 0.00801. The molecule has 2 aromatic rings. The number of aromatic amines is 1. The predicted molar refractivity (Wildman–Crippen MR) is 91.1 cm³/mol. The summed E-state index contributed by atoms with van der Waals surface area (Å²) in [6, 6.07) is 3.63. The number of rotatable bonds is 7. The number of hydrogen-bond acceptors (Lipinski definition) is 4. The lowest BCUT2D eigenvalue weighted by atomic mass is 9.89. The van der Waals surface area contributed by atoms with Crippen LogP contribution in [-0.2, 0) is 11.2 Å². The number of nitrogens with zero attached hydrogens (tertiary/aromatic N) is 3. The highest BCUT2D eigenvalue weighted by Crippen LogP contribution is 2.24. The van der Waals surface area contributed by atoms with Crippen LogP contribution < -0.4 is 0 Å². The summed E-state index contributed by atoms with van der Waals surface area (Å²) < 4.78 is 5.29. The molecule has 0 spiro atoms. The van der Waals surface area contributed by atoms with Gasteiger partial charge in [0.15, 0.2) is 5.76 Å². The molecule has 1 amide bonds. The van der Waals surface area contributed by atoms with E-state index in [0.29, 0.717) is 30.5 Å². The fraction of sp³-hybridized carbons (Fsp3) is 0.500. The lowest BCUT2D eigenvalue weighted by Gasteiger charge is -2.29. The van der Waals surface area contributed by atoms with Gasteiger partial charge < -0.3 is 9.32 Å². The lowest BCUT2D eigenvalue weighted by Crippen LogP contribution is -2.36. The van der Waals surface area contributed by atoms with Crippen molar-refractivity contribution in [3.05, 3.63) is 36.9 Å². The van der Waals surface area contributed by atoms with E-state index in [-0.39, 0.29) is 5.91 Å². The molecule has 0 aromatic carbocycles. The second kappa shape index (κ2) is 7.95. The Bertz CT molecular complexity index is 656. The van der Waals surface area contributed by atoms with Crippen molar-refractivity contribution in [3.63, 3.8) is 0 Å². The van der Waals surface area contributed by atoms with Gasteiger partial charge >= 0.3 is 0 Å². The van der Waals surface area contributed by atoms with E-state index in [1.165, 1.54) is 38.2 Å². The first-order valence-corrected chi connectivity index (χ1v) is 8.63. The van der Waals surface area contributed by atoms with E-state index in [9.17, 15) is 4.79 Å². The molecule has 1 saturated carbocycles. The summed E-state index contributed by atoms with van der Waals surface area (Å²) >= 11 is 0. The summed E-state index contributed by atoms with van der Waals surface area (Å²) in [5.41, 5.74) is 0. The number of nitrogens with one attached hydrogen (secondary N) is 1. The van der Waals surface area contributed by atoms with E-state index < -0.39 is 0 Å². The fourth-order valence-corrected chi connectivity index (χ4v) is 3.27. The van der Waals surface area contributed by atoms with Crippen LogP contribution in [-0.4, -0.2) is 39.1 Å². The predicted octanol–water partition coefficient (Wildman–Crippen LogP) is 3.20.